The zero-order valence-corrected chi connectivity index (χ0v) is 31.5. The Morgan fingerprint density at radius 1 is 0.815 bits per heavy atom. The Morgan fingerprint density at radius 2 is 1.50 bits per heavy atom. The molecule has 0 radical (unpaired) electrons. The lowest BCUT2D eigenvalue weighted by Gasteiger charge is -2.30. The van der Waals surface area contributed by atoms with Crippen molar-refractivity contribution in [2.75, 3.05) is 13.1 Å². The van der Waals surface area contributed by atoms with Crippen LogP contribution in [0.4, 0.5) is 4.79 Å². The molecule has 4 atom stereocenters. The van der Waals surface area contributed by atoms with Crippen molar-refractivity contribution in [2.45, 2.75) is 115 Å². The van der Waals surface area contributed by atoms with Gasteiger partial charge in [-0.25, -0.2) is 10.3 Å². The third-order valence-corrected chi connectivity index (χ3v) is 9.52. The summed E-state index contributed by atoms with van der Waals surface area (Å²) in [6.07, 6.45) is 5.55. The minimum Gasteiger partial charge on any atom is -0.489 e. The number of hydrogen-bond acceptors (Lipinski definition) is 9. The number of hydrogen-bond donors (Lipinski definition) is 6. The summed E-state index contributed by atoms with van der Waals surface area (Å²) in [5, 5.41) is 19.7. The summed E-state index contributed by atoms with van der Waals surface area (Å²) in [4.78, 5) is 79.8. The molecule has 6 amide bonds. The Bertz CT molecular complexity index is 1590. The van der Waals surface area contributed by atoms with Gasteiger partial charge < -0.3 is 30.7 Å². The van der Waals surface area contributed by atoms with Gasteiger partial charge in [-0.3, -0.25) is 34.1 Å². The molecule has 1 aliphatic heterocycles. The predicted octanol–water partition coefficient (Wildman–Crippen LogP) is 2.88. The number of nitrogens with zero attached hydrogens (tertiary/aromatic N) is 1. The topological polar surface area (TPSA) is 204 Å². The predicted molar refractivity (Wildman–Crippen MR) is 198 cm³/mol. The molecule has 294 valence electrons. The van der Waals surface area contributed by atoms with Gasteiger partial charge in [-0.15, -0.1) is 0 Å². The molecule has 2 aromatic rings. The molecule has 2 fully saturated rings. The van der Waals surface area contributed by atoms with Gasteiger partial charge in [0.05, 0.1) is 6.54 Å². The lowest BCUT2D eigenvalue weighted by molar-refractivity contribution is -0.142. The Kier molecular flexibility index (Phi) is 15.2. The number of nitrogens with one attached hydrogen (secondary N) is 5. The van der Waals surface area contributed by atoms with Crippen molar-refractivity contribution in [1.82, 2.24) is 31.6 Å². The van der Waals surface area contributed by atoms with Crippen molar-refractivity contribution < 1.29 is 43.4 Å². The second kappa shape index (κ2) is 19.8. The Labute approximate surface area is 316 Å². The van der Waals surface area contributed by atoms with E-state index in [4.69, 9.17) is 9.47 Å². The zero-order chi connectivity index (χ0) is 39.3. The lowest BCUT2D eigenvalue weighted by Crippen LogP contribution is -2.60. The van der Waals surface area contributed by atoms with Crippen molar-refractivity contribution in [3.05, 3.63) is 65.7 Å². The molecule has 2 aliphatic rings. The highest BCUT2D eigenvalue weighted by Crippen LogP contribution is 2.26. The van der Waals surface area contributed by atoms with E-state index in [-0.39, 0.29) is 18.4 Å². The van der Waals surface area contributed by atoms with Crippen molar-refractivity contribution >= 4 is 35.6 Å². The number of carbonyl (C=O) groups is 6. The quantitative estimate of drug-likeness (QED) is 0.0899. The van der Waals surface area contributed by atoms with Crippen LogP contribution >= 0.6 is 0 Å². The minimum absolute atomic E-state index is 0.0426. The molecule has 15 heteroatoms. The van der Waals surface area contributed by atoms with Crippen LogP contribution in [-0.2, 0) is 41.7 Å². The molecule has 2 aromatic carbocycles. The van der Waals surface area contributed by atoms with Crippen molar-refractivity contribution in [1.29, 1.82) is 0 Å². The van der Waals surface area contributed by atoms with Gasteiger partial charge >= 0.3 is 6.09 Å². The van der Waals surface area contributed by atoms with Crippen LogP contribution in [-0.4, -0.2) is 88.6 Å². The van der Waals surface area contributed by atoms with Gasteiger partial charge in [-0.1, -0.05) is 61.7 Å². The van der Waals surface area contributed by atoms with Crippen LogP contribution in [0.5, 0.6) is 5.75 Å². The smallest absolute Gasteiger partial charge is 0.410 e. The number of likely N-dealkylation sites (tertiary alicyclic amines) is 1. The normalized spacial score (nSPS) is 17.6. The zero-order valence-electron chi connectivity index (χ0n) is 31.5. The molecule has 4 rings (SSSR count). The van der Waals surface area contributed by atoms with Crippen LogP contribution in [0.2, 0.25) is 0 Å². The van der Waals surface area contributed by atoms with Crippen LogP contribution in [0, 0.1) is 5.92 Å². The Morgan fingerprint density at radius 3 is 2.15 bits per heavy atom. The van der Waals surface area contributed by atoms with E-state index in [9.17, 15) is 34.0 Å². The van der Waals surface area contributed by atoms with Crippen LogP contribution in [0.25, 0.3) is 0 Å². The molecule has 15 nitrogen and oxygen atoms in total. The Balaban J connectivity index is 1.41. The molecule has 1 saturated heterocycles. The first kappa shape index (κ1) is 41.6. The van der Waals surface area contributed by atoms with Gasteiger partial charge in [0.2, 0.25) is 17.7 Å². The van der Waals surface area contributed by atoms with Crippen LogP contribution in [0.1, 0.15) is 83.8 Å². The summed E-state index contributed by atoms with van der Waals surface area (Å²) in [7, 11) is 0. The fourth-order valence-corrected chi connectivity index (χ4v) is 6.63. The van der Waals surface area contributed by atoms with E-state index in [1.165, 1.54) is 10.4 Å². The maximum Gasteiger partial charge on any atom is 0.410 e. The molecular weight excluding hydrogens is 696 g/mol. The number of benzene rings is 2. The number of hydroxylamine groups is 1. The first-order valence-electron chi connectivity index (χ1n) is 18.6. The van der Waals surface area contributed by atoms with Gasteiger partial charge in [-0.05, 0) is 82.6 Å². The average Bonchev–Trinajstić information content (AvgIpc) is 3.66. The highest BCUT2D eigenvalue weighted by molar-refractivity contribution is 6.08. The van der Waals surface area contributed by atoms with Crippen molar-refractivity contribution in [2.24, 2.45) is 5.92 Å². The van der Waals surface area contributed by atoms with Crippen molar-refractivity contribution in [3.8, 4) is 5.75 Å². The molecule has 54 heavy (non-hydrogen) atoms. The van der Waals surface area contributed by atoms with E-state index in [1.807, 2.05) is 37.3 Å². The summed E-state index contributed by atoms with van der Waals surface area (Å²) in [6, 6.07) is 12.6. The van der Waals surface area contributed by atoms with E-state index in [2.05, 4.69) is 21.3 Å². The van der Waals surface area contributed by atoms with Crippen molar-refractivity contribution in [3.63, 3.8) is 0 Å². The average molecular weight is 751 g/mol. The molecule has 6 N–H and O–H groups in total. The molecule has 0 spiro atoms. The third kappa shape index (κ3) is 12.7. The molecule has 0 bridgehead atoms. The second-order valence-electron chi connectivity index (χ2n) is 14.9. The van der Waals surface area contributed by atoms with E-state index < -0.39 is 65.9 Å². The van der Waals surface area contributed by atoms with E-state index in [1.54, 1.807) is 45.0 Å². The molecule has 0 aromatic heterocycles. The van der Waals surface area contributed by atoms with Gasteiger partial charge in [0, 0.05) is 19.0 Å². The molecule has 1 heterocycles. The second-order valence-corrected chi connectivity index (χ2v) is 14.9. The molecule has 1 unspecified atom stereocenters. The van der Waals surface area contributed by atoms with Gasteiger partial charge in [0.25, 0.3) is 11.8 Å². The first-order chi connectivity index (χ1) is 25.7. The van der Waals surface area contributed by atoms with Crippen LogP contribution in [0.3, 0.4) is 0 Å². The Hall–Kier alpha value is -5.18. The number of rotatable bonds is 15. The van der Waals surface area contributed by atoms with Gasteiger partial charge in [0.1, 0.15) is 30.0 Å². The highest BCUT2D eigenvalue weighted by Gasteiger charge is 2.37. The number of ether oxygens (including phenoxy) is 2. The fourth-order valence-electron chi connectivity index (χ4n) is 6.63. The molecule has 1 aliphatic carbocycles. The minimum atomic E-state index is -1.95. The largest absolute Gasteiger partial charge is 0.489 e. The summed E-state index contributed by atoms with van der Waals surface area (Å²) < 4.78 is 11.3. The highest BCUT2D eigenvalue weighted by atomic mass is 16.6. The maximum absolute atomic E-state index is 13.7. The van der Waals surface area contributed by atoms with Crippen LogP contribution in [0.15, 0.2) is 54.6 Å². The summed E-state index contributed by atoms with van der Waals surface area (Å²) in [6.45, 7) is 7.10. The summed E-state index contributed by atoms with van der Waals surface area (Å²) in [5.41, 5.74) is 2.31. The van der Waals surface area contributed by atoms with Crippen LogP contribution < -0.4 is 31.5 Å². The van der Waals surface area contributed by atoms with Gasteiger partial charge in [0.15, 0.2) is 6.04 Å². The fraction of sp³-hybridized carbons (Fsp3) is 0.538. The van der Waals surface area contributed by atoms with E-state index >= 15 is 0 Å². The van der Waals surface area contributed by atoms with E-state index in [0.717, 1.165) is 37.7 Å². The summed E-state index contributed by atoms with van der Waals surface area (Å²) >= 11 is 0. The standard InChI is InChI=1S/C39H54N6O9/c1-25(28-14-9-6-10-15-28)41-34(47)30(22-26-17-19-29(20-18-26)53-24-27-12-7-5-8-13-27)42-36(49)33(37(50)44-52)43-32(46)23-40-35(48)31-16-11-21-45(31)38(51)54-39(2,3)4/h5,7-8,12-13,17-20,25,28,30-31,33,52H,6,9-11,14-16,21-24H2,1-4H3,(H,40,48)(H,41,47)(H,42,49)(H,43,46)(H,44,50)/t25-,30+,31+,33?/m1/s1. The maximum atomic E-state index is 13.7. The number of amides is 6. The van der Waals surface area contributed by atoms with E-state index in [0.29, 0.717) is 37.3 Å². The first-order valence-corrected chi connectivity index (χ1v) is 18.6. The summed E-state index contributed by atoms with van der Waals surface area (Å²) in [5.74, 6) is -3.43. The number of carbonyl (C=O) groups excluding carboxylic acids is 6. The third-order valence-electron chi connectivity index (χ3n) is 9.52. The SMILES string of the molecule is C[C@@H](NC(=O)[C@H](Cc1ccc(OCc2ccccc2)cc1)NC(=O)C(NC(=O)CNC(=O)[C@@H]1CCCN1C(=O)OC(C)(C)C)C(=O)NO)C1CCCCC1. The monoisotopic (exact) mass is 750 g/mol. The molecular formula is C39H54N6O9. The van der Waals surface area contributed by atoms with Gasteiger partial charge in [-0.2, -0.15) is 0 Å². The lowest BCUT2D eigenvalue weighted by atomic mass is 9.84. The molecule has 1 saturated carbocycles.